The van der Waals surface area contributed by atoms with Crippen molar-refractivity contribution in [2.45, 2.75) is 59.8 Å². The number of carbonyl (C=O) groups is 1. The van der Waals surface area contributed by atoms with Crippen molar-refractivity contribution in [3.05, 3.63) is 35.9 Å². The third kappa shape index (κ3) is 13.4. The first kappa shape index (κ1) is 28.4. The van der Waals surface area contributed by atoms with E-state index in [2.05, 4.69) is 44.2 Å². The van der Waals surface area contributed by atoms with E-state index in [0.29, 0.717) is 12.3 Å². The summed E-state index contributed by atoms with van der Waals surface area (Å²) in [4.78, 5) is 11.4. The van der Waals surface area contributed by atoms with E-state index in [4.69, 9.17) is 4.74 Å². The molecule has 0 spiro atoms. The monoisotopic (exact) mass is 410 g/mol. The number of carbonyl (C=O) groups excluding carboxylic acids is 1. The molecule has 144 valence electrons. The first-order chi connectivity index (χ1) is 11.5. The van der Waals surface area contributed by atoms with Crippen molar-refractivity contribution in [3.63, 3.8) is 0 Å². The minimum Gasteiger partial charge on any atom is -0.748 e. The van der Waals surface area contributed by atoms with Gasteiger partial charge in [0.05, 0.1) is 22.1 Å². The number of rotatable bonds is 8. The average Bonchev–Trinajstić information content (AvgIpc) is 2.58. The summed E-state index contributed by atoms with van der Waals surface area (Å²) in [5.41, 5.74) is 0.890. The van der Waals surface area contributed by atoms with Crippen LogP contribution in [-0.4, -0.2) is 31.3 Å². The molecule has 0 radical (unpaired) electrons. The maximum atomic E-state index is 11.4. The maximum absolute atomic E-state index is 11.4. The summed E-state index contributed by atoms with van der Waals surface area (Å²) in [6, 6.07) is 10.6. The Hall–Kier alpha value is 0.236. The van der Waals surface area contributed by atoms with Crippen LogP contribution in [0, 0.1) is 5.41 Å². The van der Waals surface area contributed by atoms with Crippen LogP contribution in [-0.2, 0) is 19.6 Å². The molecule has 0 saturated carbocycles. The van der Waals surface area contributed by atoms with Gasteiger partial charge in [0.15, 0.2) is 0 Å². The third-order valence-electron chi connectivity index (χ3n) is 4.19. The Morgan fingerprint density at radius 2 is 1.73 bits per heavy atom. The molecule has 0 N–H and O–H groups in total. The zero-order valence-corrected chi connectivity index (χ0v) is 20.9. The van der Waals surface area contributed by atoms with Crippen LogP contribution in [0.2, 0.25) is 0 Å². The summed E-state index contributed by atoms with van der Waals surface area (Å²) >= 11 is 0. The molecule has 0 aliphatic heterocycles. The fourth-order valence-corrected chi connectivity index (χ4v) is 2.23. The molecule has 0 aliphatic carbocycles. The maximum Gasteiger partial charge on any atom is 1.00 e. The van der Waals surface area contributed by atoms with Gasteiger partial charge in [-0.1, -0.05) is 51.1 Å². The molecule has 0 saturated heterocycles. The van der Waals surface area contributed by atoms with Gasteiger partial charge in [-0.3, -0.25) is 4.79 Å². The number of hydrogen-bond acceptors (Lipinski definition) is 5. The van der Waals surface area contributed by atoms with E-state index < -0.39 is 21.3 Å². The standard InChI is InChI=1S/C10H14.C9H18O5S.K/c1-3-9(2)10-7-5-4-6-8-10;1-4-9(2,3)8(10)14-6-5-7-15(11,12)13;/h4-9H,3H2,1-2H3;4-7H2,1-3H3,(H,11,12,13);/q;;+1/p-1. The van der Waals surface area contributed by atoms with E-state index in [1.165, 1.54) is 12.0 Å². The van der Waals surface area contributed by atoms with Crippen molar-refractivity contribution in [1.82, 2.24) is 0 Å². The fraction of sp³-hybridized carbons (Fsp3) is 0.632. The number of ether oxygens (including phenoxy) is 1. The molecule has 5 nitrogen and oxygen atoms in total. The molecule has 26 heavy (non-hydrogen) atoms. The molecule has 1 aromatic rings. The zero-order chi connectivity index (χ0) is 19.5. The van der Waals surface area contributed by atoms with E-state index in [1.807, 2.05) is 6.92 Å². The third-order valence-corrected chi connectivity index (χ3v) is 4.98. The SMILES string of the molecule is CCC(C)(C)C(=O)OCCCS(=O)(=O)[O-].CCC(C)c1ccccc1.[K+]. The van der Waals surface area contributed by atoms with Gasteiger partial charge in [-0.2, -0.15) is 0 Å². The molecular weight excluding hydrogens is 379 g/mol. The Morgan fingerprint density at radius 3 is 2.15 bits per heavy atom. The minimum atomic E-state index is -4.20. The van der Waals surface area contributed by atoms with Crippen molar-refractivity contribution < 1.29 is 73.9 Å². The first-order valence-electron chi connectivity index (χ1n) is 8.69. The average molecular weight is 411 g/mol. The number of esters is 1. The molecule has 1 unspecified atom stereocenters. The van der Waals surface area contributed by atoms with Gasteiger partial charge in [0.2, 0.25) is 0 Å². The van der Waals surface area contributed by atoms with Crippen molar-refractivity contribution in [2.24, 2.45) is 5.41 Å². The quantitative estimate of drug-likeness (QED) is 0.277. The van der Waals surface area contributed by atoms with Gasteiger partial charge >= 0.3 is 57.4 Å². The van der Waals surface area contributed by atoms with E-state index in [1.54, 1.807) is 13.8 Å². The van der Waals surface area contributed by atoms with E-state index in [0.717, 1.165) is 0 Å². The summed E-state index contributed by atoms with van der Waals surface area (Å²) in [6.07, 6.45) is 1.92. The number of benzene rings is 1. The smallest absolute Gasteiger partial charge is 0.748 e. The van der Waals surface area contributed by atoms with Gasteiger partial charge in [0, 0.05) is 5.75 Å². The van der Waals surface area contributed by atoms with Gasteiger partial charge in [0.25, 0.3) is 0 Å². The van der Waals surface area contributed by atoms with Crippen LogP contribution in [0.15, 0.2) is 30.3 Å². The Balaban J connectivity index is 0. The predicted molar refractivity (Wildman–Crippen MR) is 99.4 cm³/mol. The molecule has 1 rings (SSSR count). The molecule has 7 heteroatoms. The molecule has 1 aromatic carbocycles. The van der Waals surface area contributed by atoms with Crippen molar-refractivity contribution in [3.8, 4) is 0 Å². The summed E-state index contributed by atoms with van der Waals surface area (Å²) in [5.74, 6) is -0.151. The fourth-order valence-electron chi connectivity index (χ4n) is 1.76. The van der Waals surface area contributed by atoms with Crippen LogP contribution in [0.25, 0.3) is 0 Å². The van der Waals surface area contributed by atoms with Crippen LogP contribution < -0.4 is 51.4 Å². The van der Waals surface area contributed by atoms with Crippen LogP contribution in [0.1, 0.15) is 65.4 Å². The Kier molecular flexibility index (Phi) is 15.6. The summed E-state index contributed by atoms with van der Waals surface area (Å²) in [6.45, 7) is 9.82. The Morgan fingerprint density at radius 1 is 1.19 bits per heavy atom. The van der Waals surface area contributed by atoms with Gasteiger partial charge in [-0.15, -0.1) is 0 Å². The molecule has 0 bridgehead atoms. The van der Waals surface area contributed by atoms with Gasteiger partial charge in [-0.25, -0.2) is 8.42 Å². The van der Waals surface area contributed by atoms with Crippen LogP contribution >= 0.6 is 0 Å². The Labute approximate surface area is 201 Å². The summed E-state index contributed by atoms with van der Waals surface area (Å²) in [7, 11) is -4.20. The molecule has 0 fully saturated rings. The van der Waals surface area contributed by atoms with E-state index in [-0.39, 0.29) is 70.4 Å². The molecule has 0 aromatic heterocycles. The molecule has 0 amide bonds. The normalized spacial score (nSPS) is 12.2. The van der Waals surface area contributed by atoms with Crippen LogP contribution in [0.3, 0.4) is 0 Å². The van der Waals surface area contributed by atoms with Gasteiger partial charge in [0.1, 0.15) is 0 Å². The number of hydrogen-bond donors (Lipinski definition) is 0. The summed E-state index contributed by atoms with van der Waals surface area (Å²) < 4.78 is 35.5. The van der Waals surface area contributed by atoms with Crippen molar-refractivity contribution in [2.75, 3.05) is 12.4 Å². The Bertz CT molecular complexity index is 600. The molecule has 0 aliphatic rings. The van der Waals surface area contributed by atoms with Crippen LogP contribution in [0.4, 0.5) is 0 Å². The van der Waals surface area contributed by atoms with E-state index >= 15 is 0 Å². The van der Waals surface area contributed by atoms with Gasteiger partial charge < -0.3 is 9.29 Å². The first-order valence-corrected chi connectivity index (χ1v) is 10.3. The molecule has 1 atom stereocenters. The van der Waals surface area contributed by atoms with E-state index in [9.17, 15) is 17.8 Å². The summed E-state index contributed by atoms with van der Waals surface area (Å²) in [5, 5.41) is 0. The van der Waals surface area contributed by atoms with Crippen molar-refractivity contribution >= 4 is 16.1 Å². The van der Waals surface area contributed by atoms with Crippen molar-refractivity contribution in [1.29, 1.82) is 0 Å². The molecule has 0 heterocycles. The largest absolute Gasteiger partial charge is 1.00 e. The minimum absolute atomic E-state index is 0. The second-order valence-corrected chi connectivity index (χ2v) is 8.23. The second-order valence-electron chi connectivity index (χ2n) is 6.71. The topological polar surface area (TPSA) is 83.5 Å². The molecular formula is C19H31KO5S. The van der Waals surface area contributed by atoms with Crippen LogP contribution in [0.5, 0.6) is 0 Å². The second kappa shape index (κ2) is 14.3. The predicted octanol–water partition coefficient (Wildman–Crippen LogP) is 1.11. The van der Waals surface area contributed by atoms with Gasteiger partial charge in [-0.05, 0) is 44.6 Å². The zero-order valence-electron chi connectivity index (χ0n) is 16.9.